The van der Waals surface area contributed by atoms with E-state index in [0.29, 0.717) is 39.4 Å². The van der Waals surface area contributed by atoms with Gasteiger partial charge in [0, 0.05) is 35.8 Å². The highest BCUT2D eigenvalue weighted by molar-refractivity contribution is 6.36. The van der Waals surface area contributed by atoms with Gasteiger partial charge in [0.25, 0.3) is 0 Å². The fourth-order valence-electron chi connectivity index (χ4n) is 2.86. The third-order valence-electron chi connectivity index (χ3n) is 4.25. The van der Waals surface area contributed by atoms with Crippen molar-refractivity contribution in [1.82, 2.24) is 14.8 Å². The molecule has 0 saturated heterocycles. The van der Waals surface area contributed by atoms with Crippen molar-refractivity contribution >= 4 is 34.8 Å². The van der Waals surface area contributed by atoms with E-state index in [-0.39, 0.29) is 12.3 Å². The molecular weight excluding hydrogens is 411 g/mol. The van der Waals surface area contributed by atoms with Gasteiger partial charge in [0.1, 0.15) is 0 Å². The molecule has 2 aromatic heterocycles. The molecule has 2 heterocycles. The molecule has 29 heavy (non-hydrogen) atoms. The van der Waals surface area contributed by atoms with E-state index in [9.17, 15) is 4.79 Å². The van der Waals surface area contributed by atoms with E-state index in [1.54, 1.807) is 35.3 Å². The Morgan fingerprint density at radius 2 is 2.00 bits per heavy atom. The van der Waals surface area contributed by atoms with Crippen molar-refractivity contribution in [2.24, 2.45) is 0 Å². The van der Waals surface area contributed by atoms with Crippen LogP contribution in [-0.2, 0) is 11.2 Å². The molecule has 4 aromatic rings. The predicted octanol–water partition coefficient (Wildman–Crippen LogP) is 5.41. The molecule has 0 atom stereocenters. The molecule has 4 rings (SSSR count). The van der Waals surface area contributed by atoms with Crippen LogP contribution < -0.4 is 5.32 Å². The number of oxazole rings is 1. The van der Waals surface area contributed by atoms with E-state index >= 15 is 0 Å². The van der Waals surface area contributed by atoms with Crippen molar-refractivity contribution in [3.8, 4) is 17.0 Å². The SMILES string of the molecule is O=C(CCc1ncc(-c2ccc(Cl)cc2Cl)o1)Nc1ccccc1-n1cccn1. The number of hydrogen-bond donors (Lipinski definition) is 1. The molecule has 0 saturated carbocycles. The quantitative estimate of drug-likeness (QED) is 0.447. The molecule has 0 unspecified atom stereocenters. The normalized spacial score (nSPS) is 10.8. The van der Waals surface area contributed by atoms with Gasteiger partial charge in [-0.25, -0.2) is 9.67 Å². The van der Waals surface area contributed by atoms with Crippen LogP contribution >= 0.6 is 23.2 Å². The second-order valence-corrected chi connectivity index (χ2v) is 7.10. The van der Waals surface area contributed by atoms with Gasteiger partial charge in [-0.2, -0.15) is 5.10 Å². The van der Waals surface area contributed by atoms with E-state index < -0.39 is 0 Å². The van der Waals surface area contributed by atoms with E-state index in [1.165, 1.54) is 0 Å². The molecule has 2 aromatic carbocycles. The number of carbonyl (C=O) groups is 1. The monoisotopic (exact) mass is 426 g/mol. The number of benzene rings is 2. The zero-order valence-corrected chi connectivity index (χ0v) is 16.7. The Balaban J connectivity index is 1.41. The van der Waals surface area contributed by atoms with E-state index in [4.69, 9.17) is 27.6 Å². The molecule has 0 spiro atoms. The molecule has 8 heteroatoms. The summed E-state index contributed by atoms with van der Waals surface area (Å²) in [5.41, 5.74) is 2.18. The second kappa shape index (κ2) is 8.51. The van der Waals surface area contributed by atoms with Crippen LogP contribution in [0.25, 0.3) is 17.0 Å². The van der Waals surface area contributed by atoms with Gasteiger partial charge in [0.2, 0.25) is 5.91 Å². The summed E-state index contributed by atoms with van der Waals surface area (Å²) in [5.74, 6) is 0.849. The van der Waals surface area contributed by atoms with Gasteiger partial charge in [-0.15, -0.1) is 0 Å². The maximum Gasteiger partial charge on any atom is 0.224 e. The summed E-state index contributed by atoms with van der Waals surface area (Å²) in [6.07, 6.45) is 5.69. The number of nitrogens with one attached hydrogen (secondary N) is 1. The third kappa shape index (κ3) is 4.50. The lowest BCUT2D eigenvalue weighted by molar-refractivity contribution is -0.116. The third-order valence-corrected chi connectivity index (χ3v) is 4.79. The Hall–Kier alpha value is -3.09. The largest absolute Gasteiger partial charge is 0.441 e. The van der Waals surface area contributed by atoms with E-state index in [0.717, 1.165) is 5.69 Å². The Bertz CT molecular complexity index is 1140. The smallest absolute Gasteiger partial charge is 0.224 e. The second-order valence-electron chi connectivity index (χ2n) is 6.26. The van der Waals surface area contributed by atoms with Crippen LogP contribution in [-0.4, -0.2) is 20.7 Å². The lowest BCUT2D eigenvalue weighted by Crippen LogP contribution is -2.14. The van der Waals surface area contributed by atoms with Crippen LogP contribution in [0.1, 0.15) is 12.3 Å². The van der Waals surface area contributed by atoms with Gasteiger partial charge >= 0.3 is 0 Å². The number of nitrogens with zero attached hydrogens (tertiary/aromatic N) is 3. The van der Waals surface area contributed by atoms with Crippen LogP contribution in [0.15, 0.2) is 71.5 Å². The van der Waals surface area contributed by atoms with Crippen molar-refractivity contribution in [1.29, 1.82) is 0 Å². The molecule has 0 radical (unpaired) electrons. The fourth-order valence-corrected chi connectivity index (χ4v) is 3.36. The van der Waals surface area contributed by atoms with Gasteiger partial charge in [-0.3, -0.25) is 4.79 Å². The lowest BCUT2D eigenvalue weighted by atomic mass is 10.2. The predicted molar refractivity (Wildman–Crippen MR) is 112 cm³/mol. The van der Waals surface area contributed by atoms with Crippen LogP contribution in [0.4, 0.5) is 5.69 Å². The molecule has 0 aliphatic heterocycles. The van der Waals surface area contributed by atoms with Crippen LogP contribution in [0, 0.1) is 0 Å². The summed E-state index contributed by atoms with van der Waals surface area (Å²) in [7, 11) is 0. The van der Waals surface area contributed by atoms with Gasteiger partial charge in [-0.1, -0.05) is 35.3 Å². The Morgan fingerprint density at radius 3 is 2.79 bits per heavy atom. The summed E-state index contributed by atoms with van der Waals surface area (Å²) >= 11 is 12.1. The van der Waals surface area contributed by atoms with E-state index in [2.05, 4.69) is 15.4 Å². The zero-order valence-electron chi connectivity index (χ0n) is 15.2. The van der Waals surface area contributed by atoms with Crippen molar-refractivity contribution < 1.29 is 9.21 Å². The number of para-hydroxylation sites is 2. The van der Waals surface area contributed by atoms with Gasteiger partial charge < -0.3 is 9.73 Å². The van der Waals surface area contributed by atoms with Crippen LogP contribution in [0.5, 0.6) is 0 Å². The Morgan fingerprint density at radius 1 is 1.14 bits per heavy atom. The van der Waals surface area contributed by atoms with Crippen LogP contribution in [0.3, 0.4) is 0 Å². The Labute approximate surface area is 177 Å². The number of halogens is 2. The summed E-state index contributed by atoms with van der Waals surface area (Å²) in [6, 6.07) is 14.4. The minimum atomic E-state index is -0.145. The first-order chi connectivity index (χ1) is 14.1. The number of hydrogen-bond acceptors (Lipinski definition) is 4. The first kappa shape index (κ1) is 19.2. The maximum atomic E-state index is 12.4. The highest BCUT2D eigenvalue weighted by Crippen LogP contribution is 2.31. The standard InChI is InChI=1S/C21H16Cl2N4O2/c22-14-6-7-15(16(23)12-14)19-13-24-21(29-19)9-8-20(28)26-17-4-1-2-5-18(17)27-11-3-10-25-27/h1-7,10-13H,8-9H2,(H,26,28). The summed E-state index contributed by atoms with van der Waals surface area (Å²) in [6.45, 7) is 0. The number of aromatic nitrogens is 3. The van der Waals surface area contributed by atoms with Crippen molar-refractivity contribution in [2.45, 2.75) is 12.8 Å². The van der Waals surface area contributed by atoms with Crippen molar-refractivity contribution in [3.63, 3.8) is 0 Å². The summed E-state index contributed by atoms with van der Waals surface area (Å²) in [5, 5.41) is 8.16. The average molecular weight is 427 g/mol. The average Bonchev–Trinajstić information content (AvgIpc) is 3.39. The highest BCUT2D eigenvalue weighted by atomic mass is 35.5. The summed E-state index contributed by atoms with van der Waals surface area (Å²) in [4.78, 5) is 16.7. The maximum absolute atomic E-state index is 12.4. The molecule has 1 amide bonds. The molecule has 1 N–H and O–H groups in total. The molecule has 0 aliphatic rings. The van der Waals surface area contributed by atoms with E-state index in [1.807, 2.05) is 36.5 Å². The minimum Gasteiger partial charge on any atom is -0.441 e. The van der Waals surface area contributed by atoms with Crippen molar-refractivity contribution in [2.75, 3.05) is 5.32 Å². The first-order valence-electron chi connectivity index (χ1n) is 8.89. The lowest BCUT2D eigenvalue weighted by Gasteiger charge is -2.10. The number of rotatable bonds is 6. The summed E-state index contributed by atoms with van der Waals surface area (Å²) < 4.78 is 7.44. The molecule has 146 valence electrons. The number of amides is 1. The molecule has 6 nitrogen and oxygen atoms in total. The molecule has 0 bridgehead atoms. The highest BCUT2D eigenvalue weighted by Gasteiger charge is 2.13. The fraction of sp³-hybridized carbons (Fsp3) is 0.0952. The minimum absolute atomic E-state index is 0.145. The van der Waals surface area contributed by atoms with Crippen LogP contribution in [0.2, 0.25) is 10.0 Å². The first-order valence-corrected chi connectivity index (χ1v) is 9.65. The number of anilines is 1. The number of carbonyl (C=O) groups excluding carboxylic acids is 1. The Kier molecular flexibility index (Phi) is 5.64. The molecule has 0 fully saturated rings. The molecular formula is C21H16Cl2N4O2. The zero-order chi connectivity index (χ0) is 20.2. The molecule has 0 aliphatic carbocycles. The topological polar surface area (TPSA) is 73.0 Å². The van der Waals surface area contributed by atoms with Gasteiger partial charge in [0.15, 0.2) is 11.7 Å². The van der Waals surface area contributed by atoms with Crippen molar-refractivity contribution in [3.05, 3.63) is 83.1 Å². The van der Waals surface area contributed by atoms with Gasteiger partial charge in [-0.05, 0) is 36.4 Å². The van der Waals surface area contributed by atoms with Gasteiger partial charge in [0.05, 0.1) is 22.6 Å². The number of aryl methyl sites for hydroxylation is 1.